The fourth-order valence-electron chi connectivity index (χ4n) is 2.08. The maximum absolute atomic E-state index is 11.7. The molecule has 1 aromatic rings. The molecule has 0 aliphatic heterocycles. The molecule has 0 aromatic carbocycles. The van der Waals surface area contributed by atoms with Crippen molar-refractivity contribution in [3.63, 3.8) is 0 Å². The molecule has 0 spiro atoms. The van der Waals surface area contributed by atoms with Crippen molar-refractivity contribution in [2.75, 3.05) is 0 Å². The maximum atomic E-state index is 11.7. The van der Waals surface area contributed by atoms with Gasteiger partial charge in [-0.15, -0.1) is 0 Å². The molecule has 19 heavy (non-hydrogen) atoms. The molecule has 0 bridgehead atoms. The van der Waals surface area contributed by atoms with Crippen molar-refractivity contribution in [2.45, 2.75) is 25.3 Å². The van der Waals surface area contributed by atoms with E-state index < -0.39 is 11.9 Å². The molecule has 1 aliphatic rings. The van der Waals surface area contributed by atoms with Crippen LogP contribution < -0.4 is 5.32 Å². The highest BCUT2D eigenvalue weighted by Crippen LogP contribution is 2.18. The Bertz CT molecular complexity index is 485. The van der Waals surface area contributed by atoms with E-state index in [-0.39, 0.29) is 11.9 Å². The van der Waals surface area contributed by atoms with E-state index >= 15 is 0 Å². The van der Waals surface area contributed by atoms with Gasteiger partial charge in [-0.2, -0.15) is 0 Å². The summed E-state index contributed by atoms with van der Waals surface area (Å²) in [6.07, 6.45) is 8.28. The fraction of sp³-hybridized carbons (Fsp3) is 0.357. The van der Waals surface area contributed by atoms with Gasteiger partial charge in [0.2, 0.25) is 5.91 Å². The number of carboxylic acid groups (broad SMARTS) is 1. The first-order valence-electron chi connectivity index (χ1n) is 6.24. The monoisotopic (exact) mass is 260 g/mol. The van der Waals surface area contributed by atoms with E-state index in [1.54, 1.807) is 24.5 Å². The van der Waals surface area contributed by atoms with Gasteiger partial charge in [0.05, 0.1) is 5.92 Å². The highest BCUT2D eigenvalue weighted by Gasteiger charge is 2.25. The summed E-state index contributed by atoms with van der Waals surface area (Å²) >= 11 is 0. The number of carbonyl (C=O) groups excluding carboxylic acids is 1. The molecule has 100 valence electrons. The lowest BCUT2D eigenvalue weighted by molar-refractivity contribution is -0.140. The lowest BCUT2D eigenvalue weighted by Gasteiger charge is -2.12. The third-order valence-electron chi connectivity index (χ3n) is 3.14. The van der Waals surface area contributed by atoms with Crippen molar-refractivity contribution in [2.24, 2.45) is 5.92 Å². The Hall–Kier alpha value is -2.17. The molecule has 1 aromatic heterocycles. The van der Waals surface area contributed by atoms with Gasteiger partial charge in [-0.1, -0.05) is 12.2 Å². The van der Waals surface area contributed by atoms with E-state index in [4.69, 9.17) is 5.11 Å². The first-order valence-corrected chi connectivity index (χ1v) is 6.24. The van der Waals surface area contributed by atoms with Gasteiger partial charge in [0.1, 0.15) is 0 Å². The van der Waals surface area contributed by atoms with Crippen molar-refractivity contribution < 1.29 is 14.7 Å². The Labute approximate surface area is 111 Å². The van der Waals surface area contributed by atoms with Crippen LogP contribution in [0.2, 0.25) is 0 Å². The number of nitrogens with one attached hydrogen (secondary N) is 1. The van der Waals surface area contributed by atoms with Crippen LogP contribution in [0.1, 0.15) is 18.4 Å². The number of rotatable bonds is 5. The molecule has 2 N–H and O–H groups in total. The van der Waals surface area contributed by atoms with Crippen molar-refractivity contribution in [3.05, 3.63) is 42.2 Å². The zero-order chi connectivity index (χ0) is 13.7. The van der Waals surface area contributed by atoms with Gasteiger partial charge in [0.25, 0.3) is 0 Å². The van der Waals surface area contributed by atoms with Crippen LogP contribution >= 0.6 is 0 Å². The second-order valence-electron chi connectivity index (χ2n) is 4.59. The van der Waals surface area contributed by atoms with Crippen LogP contribution in [0, 0.1) is 5.92 Å². The first kappa shape index (κ1) is 13.3. The van der Waals surface area contributed by atoms with Crippen LogP contribution in [0.5, 0.6) is 0 Å². The third-order valence-corrected chi connectivity index (χ3v) is 3.14. The highest BCUT2D eigenvalue weighted by molar-refractivity contribution is 5.78. The van der Waals surface area contributed by atoms with E-state index in [9.17, 15) is 9.59 Å². The lowest BCUT2D eigenvalue weighted by Crippen LogP contribution is -2.33. The average Bonchev–Trinajstić information content (AvgIpc) is 2.86. The Morgan fingerprint density at radius 3 is 2.68 bits per heavy atom. The number of nitrogens with zero attached hydrogens (tertiary/aromatic N) is 1. The number of carbonyl (C=O) groups is 2. The summed E-state index contributed by atoms with van der Waals surface area (Å²) in [5.74, 6) is -1.38. The third kappa shape index (κ3) is 3.91. The van der Waals surface area contributed by atoms with E-state index in [0.29, 0.717) is 19.3 Å². The molecule has 1 heterocycles. The number of aromatic nitrogens is 1. The first-order chi connectivity index (χ1) is 9.15. The van der Waals surface area contributed by atoms with Gasteiger partial charge in [0.15, 0.2) is 0 Å². The number of aliphatic carboxylic acids is 1. The molecule has 2 atom stereocenters. The van der Waals surface area contributed by atoms with Gasteiger partial charge >= 0.3 is 5.97 Å². The second kappa shape index (κ2) is 6.13. The predicted molar refractivity (Wildman–Crippen MR) is 69.4 cm³/mol. The smallest absolute Gasteiger partial charge is 0.310 e. The van der Waals surface area contributed by atoms with Crippen LogP contribution in [-0.2, 0) is 16.0 Å². The SMILES string of the molecule is O=C(CCc1ccncc1)NC1C=CC(C(=O)O)C1. The molecule has 1 amide bonds. The standard InChI is InChI=1S/C14H16N2O3/c17-13(4-1-10-5-7-15-8-6-10)16-12-3-2-11(9-12)14(18)19/h2-3,5-8,11-12H,1,4,9H2,(H,16,17)(H,18,19). The van der Waals surface area contributed by atoms with Gasteiger partial charge in [-0.05, 0) is 30.5 Å². The number of aryl methyl sites for hydroxylation is 1. The second-order valence-corrected chi connectivity index (χ2v) is 4.59. The minimum Gasteiger partial charge on any atom is -0.481 e. The van der Waals surface area contributed by atoms with E-state index in [1.165, 1.54) is 0 Å². The van der Waals surface area contributed by atoms with Crippen LogP contribution in [0.4, 0.5) is 0 Å². The molecule has 2 unspecified atom stereocenters. The highest BCUT2D eigenvalue weighted by atomic mass is 16.4. The number of pyridine rings is 1. The number of carboxylic acids is 1. The molecular formula is C14H16N2O3. The van der Waals surface area contributed by atoms with Crippen molar-refractivity contribution >= 4 is 11.9 Å². The normalized spacial score (nSPS) is 21.3. The summed E-state index contributed by atoms with van der Waals surface area (Å²) in [6, 6.07) is 3.60. The Morgan fingerprint density at radius 1 is 1.32 bits per heavy atom. The van der Waals surface area contributed by atoms with E-state index in [2.05, 4.69) is 10.3 Å². The molecule has 5 heteroatoms. The summed E-state index contributed by atoms with van der Waals surface area (Å²) < 4.78 is 0. The molecule has 0 saturated heterocycles. The van der Waals surface area contributed by atoms with E-state index in [1.807, 2.05) is 12.1 Å². The summed E-state index contributed by atoms with van der Waals surface area (Å²) in [6.45, 7) is 0. The summed E-state index contributed by atoms with van der Waals surface area (Å²) in [5, 5.41) is 11.7. The molecule has 0 radical (unpaired) electrons. The topological polar surface area (TPSA) is 79.3 Å². The minimum absolute atomic E-state index is 0.0579. The summed E-state index contributed by atoms with van der Waals surface area (Å²) in [5.41, 5.74) is 1.07. The fourth-order valence-corrected chi connectivity index (χ4v) is 2.08. The Balaban J connectivity index is 1.74. The van der Waals surface area contributed by atoms with Gasteiger partial charge in [-0.3, -0.25) is 14.6 Å². The van der Waals surface area contributed by atoms with E-state index in [0.717, 1.165) is 5.56 Å². The van der Waals surface area contributed by atoms with Crippen LogP contribution in [0.25, 0.3) is 0 Å². The molecule has 2 rings (SSSR count). The minimum atomic E-state index is -0.843. The summed E-state index contributed by atoms with van der Waals surface area (Å²) in [7, 11) is 0. The lowest BCUT2D eigenvalue weighted by atomic mass is 10.1. The molecular weight excluding hydrogens is 244 g/mol. The number of hydrogen-bond donors (Lipinski definition) is 2. The average molecular weight is 260 g/mol. The van der Waals surface area contributed by atoms with Gasteiger partial charge in [0, 0.05) is 24.9 Å². The predicted octanol–water partition coefficient (Wildman–Crippen LogP) is 1.16. The van der Waals surface area contributed by atoms with Crippen LogP contribution in [0.15, 0.2) is 36.7 Å². The maximum Gasteiger partial charge on any atom is 0.310 e. The van der Waals surface area contributed by atoms with Crippen LogP contribution in [0.3, 0.4) is 0 Å². The zero-order valence-corrected chi connectivity index (χ0v) is 10.5. The van der Waals surface area contributed by atoms with Crippen molar-refractivity contribution in [1.29, 1.82) is 0 Å². The molecule has 0 fully saturated rings. The van der Waals surface area contributed by atoms with Gasteiger partial charge in [-0.25, -0.2) is 0 Å². The Kier molecular flexibility index (Phi) is 4.28. The number of amides is 1. The molecule has 0 saturated carbocycles. The Morgan fingerprint density at radius 2 is 2.05 bits per heavy atom. The number of hydrogen-bond acceptors (Lipinski definition) is 3. The quantitative estimate of drug-likeness (QED) is 0.779. The van der Waals surface area contributed by atoms with Gasteiger partial charge < -0.3 is 10.4 Å². The van der Waals surface area contributed by atoms with Crippen molar-refractivity contribution in [3.8, 4) is 0 Å². The molecule has 1 aliphatic carbocycles. The largest absolute Gasteiger partial charge is 0.481 e. The van der Waals surface area contributed by atoms with Crippen LogP contribution in [-0.4, -0.2) is 28.0 Å². The summed E-state index contributed by atoms with van der Waals surface area (Å²) in [4.78, 5) is 26.4. The van der Waals surface area contributed by atoms with Crippen molar-refractivity contribution in [1.82, 2.24) is 10.3 Å². The molecule has 5 nitrogen and oxygen atoms in total. The zero-order valence-electron chi connectivity index (χ0n) is 10.5.